The van der Waals surface area contributed by atoms with E-state index in [-0.39, 0.29) is 17.9 Å². The maximum atomic E-state index is 13.7. The molecule has 1 aliphatic heterocycles. The minimum Gasteiger partial charge on any atom is -0.393 e. The monoisotopic (exact) mass is 503 g/mol. The Labute approximate surface area is 211 Å². The first-order valence-corrected chi connectivity index (χ1v) is 13.9. The number of aliphatic hydroxyl groups is 1. The van der Waals surface area contributed by atoms with Crippen LogP contribution in [0.5, 0.6) is 0 Å². The fraction of sp³-hybridized carbons (Fsp3) is 0.714. The lowest BCUT2D eigenvalue weighted by molar-refractivity contribution is -0.123. The SMILES string of the molecule is O=C(CC1CCC(O)CC1)NC1CCC(CCN2CCC(c3noc4cc(F)c(F)cc34)CC2)CC1. The van der Waals surface area contributed by atoms with E-state index >= 15 is 0 Å². The number of amides is 1. The molecule has 0 atom stereocenters. The summed E-state index contributed by atoms with van der Waals surface area (Å²) >= 11 is 0. The van der Waals surface area contributed by atoms with Gasteiger partial charge in [-0.05, 0) is 108 Å². The van der Waals surface area contributed by atoms with E-state index < -0.39 is 11.6 Å². The molecule has 1 saturated heterocycles. The van der Waals surface area contributed by atoms with Gasteiger partial charge in [-0.15, -0.1) is 0 Å². The Balaban J connectivity index is 0.995. The van der Waals surface area contributed by atoms with Gasteiger partial charge < -0.3 is 19.8 Å². The summed E-state index contributed by atoms with van der Waals surface area (Å²) in [6.07, 6.45) is 11.6. The third kappa shape index (κ3) is 6.25. The highest BCUT2D eigenvalue weighted by atomic mass is 19.2. The van der Waals surface area contributed by atoms with Crippen LogP contribution >= 0.6 is 0 Å². The largest absolute Gasteiger partial charge is 0.393 e. The highest BCUT2D eigenvalue weighted by Gasteiger charge is 2.28. The molecule has 0 radical (unpaired) electrons. The Bertz CT molecular complexity index is 1020. The van der Waals surface area contributed by atoms with E-state index in [4.69, 9.17) is 4.52 Å². The molecular weight excluding hydrogens is 464 g/mol. The summed E-state index contributed by atoms with van der Waals surface area (Å²) in [6.45, 7) is 3.04. The molecule has 6 nitrogen and oxygen atoms in total. The Kier molecular flexibility index (Phi) is 8.21. The van der Waals surface area contributed by atoms with Crippen molar-refractivity contribution >= 4 is 16.9 Å². The van der Waals surface area contributed by atoms with Gasteiger partial charge in [-0.25, -0.2) is 8.78 Å². The Morgan fingerprint density at radius 2 is 1.64 bits per heavy atom. The number of piperidine rings is 1. The predicted octanol–water partition coefficient (Wildman–Crippen LogP) is 5.29. The first-order valence-electron chi connectivity index (χ1n) is 13.9. The summed E-state index contributed by atoms with van der Waals surface area (Å²) in [5, 5.41) is 17.6. The summed E-state index contributed by atoms with van der Waals surface area (Å²) in [6, 6.07) is 2.61. The minimum atomic E-state index is -0.905. The van der Waals surface area contributed by atoms with Crippen LogP contribution in [-0.2, 0) is 4.79 Å². The second-order valence-electron chi connectivity index (χ2n) is 11.4. The molecule has 0 bridgehead atoms. The summed E-state index contributed by atoms with van der Waals surface area (Å²) in [7, 11) is 0. The Morgan fingerprint density at radius 1 is 0.972 bits per heavy atom. The number of halogens is 2. The smallest absolute Gasteiger partial charge is 0.220 e. The van der Waals surface area contributed by atoms with Crippen molar-refractivity contribution in [2.75, 3.05) is 19.6 Å². The Morgan fingerprint density at radius 3 is 2.36 bits per heavy atom. The molecule has 2 N–H and O–H groups in total. The van der Waals surface area contributed by atoms with Gasteiger partial charge in [-0.1, -0.05) is 5.16 Å². The van der Waals surface area contributed by atoms with Crippen LogP contribution in [0.25, 0.3) is 11.0 Å². The normalized spacial score (nSPS) is 28.4. The fourth-order valence-corrected chi connectivity index (χ4v) is 6.53. The number of carbonyl (C=O) groups is 1. The molecule has 2 aliphatic carbocycles. The molecule has 1 amide bonds. The second kappa shape index (κ2) is 11.5. The summed E-state index contributed by atoms with van der Waals surface area (Å²) in [4.78, 5) is 15.0. The van der Waals surface area contributed by atoms with E-state index in [1.165, 1.54) is 25.3 Å². The molecule has 2 aromatic rings. The summed E-state index contributed by atoms with van der Waals surface area (Å²) < 4.78 is 32.5. The first kappa shape index (κ1) is 25.6. The lowest BCUT2D eigenvalue weighted by atomic mass is 9.83. The third-order valence-corrected chi connectivity index (χ3v) is 8.87. The van der Waals surface area contributed by atoms with Crippen molar-refractivity contribution in [3.8, 4) is 0 Å². The molecule has 36 heavy (non-hydrogen) atoms. The van der Waals surface area contributed by atoms with E-state index in [0.717, 1.165) is 82.8 Å². The van der Waals surface area contributed by atoms with Crippen LogP contribution in [0.1, 0.15) is 88.7 Å². The standard InChI is InChI=1S/C28H39F2N3O3/c29-24-16-23-26(17-25(24)30)36-32-28(23)20-10-13-33(14-11-20)12-9-18-1-5-21(6-2-18)31-27(35)15-19-3-7-22(34)8-4-19/h16-22,34H,1-15H2,(H,31,35). The topological polar surface area (TPSA) is 78.6 Å². The number of hydrogen-bond acceptors (Lipinski definition) is 5. The van der Waals surface area contributed by atoms with Gasteiger partial charge in [0.25, 0.3) is 0 Å². The maximum Gasteiger partial charge on any atom is 0.220 e. The average Bonchev–Trinajstić information content (AvgIpc) is 3.28. The van der Waals surface area contributed by atoms with Crippen molar-refractivity contribution in [2.45, 2.75) is 95.1 Å². The van der Waals surface area contributed by atoms with Gasteiger partial charge in [0.1, 0.15) is 0 Å². The molecular formula is C28H39F2N3O3. The molecule has 3 fully saturated rings. The number of likely N-dealkylation sites (tertiary alicyclic amines) is 1. The zero-order chi connectivity index (χ0) is 25.1. The van der Waals surface area contributed by atoms with Gasteiger partial charge in [-0.3, -0.25) is 4.79 Å². The minimum absolute atomic E-state index is 0.169. The number of carbonyl (C=O) groups excluding carboxylic acids is 1. The predicted molar refractivity (Wildman–Crippen MR) is 133 cm³/mol. The van der Waals surface area contributed by atoms with Crippen LogP contribution in [0.2, 0.25) is 0 Å². The summed E-state index contributed by atoms with van der Waals surface area (Å²) in [5.74, 6) is -0.212. The highest BCUT2D eigenvalue weighted by Crippen LogP contribution is 2.34. The van der Waals surface area contributed by atoms with Gasteiger partial charge in [-0.2, -0.15) is 0 Å². The van der Waals surface area contributed by atoms with Gasteiger partial charge in [0.2, 0.25) is 5.91 Å². The van der Waals surface area contributed by atoms with E-state index in [1.807, 2.05) is 0 Å². The molecule has 3 aliphatic rings. The number of fused-ring (bicyclic) bond motifs is 1. The second-order valence-corrected chi connectivity index (χ2v) is 11.4. The van der Waals surface area contributed by atoms with Crippen molar-refractivity contribution in [3.63, 3.8) is 0 Å². The molecule has 8 heteroatoms. The number of nitrogens with zero attached hydrogens (tertiary/aromatic N) is 2. The number of aliphatic hydroxyl groups excluding tert-OH is 1. The van der Waals surface area contributed by atoms with Crippen molar-refractivity contribution in [2.24, 2.45) is 11.8 Å². The number of hydrogen-bond donors (Lipinski definition) is 2. The number of rotatable bonds is 7. The van der Waals surface area contributed by atoms with Crippen LogP contribution in [-0.4, -0.2) is 52.9 Å². The molecule has 2 saturated carbocycles. The number of aromatic nitrogens is 1. The zero-order valence-electron chi connectivity index (χ0n) is 21.1. The third-order valence-electron chi connectivity index (χ3n) is 8.87. The number of benzene rings is 1. The van der Waals surface area contributed by atoms with Crippen LogP contribution in [0.4, 0.5) is 8.78 Å². The highest BCUT2D eigenvalue weighted by molar-refractivity contribution is 5.80. The molecule has 198 valence electrons. The van der Waals surface area contributed by atoms with Crippen LogP contribution in [0, 0.1) is 23.5 Å². The van der Waals surface area contributed by atoms with Crippen molar-refractivity contribution in [1.82, 2.24) is 15.4 Å². The van der Waals surface area contributed by atoms with Crippen LogP contribution in [0.3, 0.4) is 0 Å². The maximum absolute atomic E-state index is 13.7. The van der Waals surface area contributed by atoms with Gasteiger partial charge in [0.05, 0.1) is 11.8 Å². The van der Waals surface area contributed by atoms with Gasteiger partial charge >= 0.3 is 0 Å². The van der Waals surface area contributed by atoms with Crippen LogP contribution < -0.4 is 5.32 Å². The van der Waals surface area contributed by atoms with E-state index in [2.05, 4.69) is 15.4 Å². The molecule has 5 rings (SSSR count). The van der Waals surface area contributed by atoms with Gasteiger partial charge in [0, 0.05) is 29.8 Å². The fourth-order valence-electron chi connectivity index (χ4n) is 6.53. The first-order chi connectivity index (χ1) is 17.4. The molecule has 0 spiro atoms. The zero-order valence-corrected chi connectivity index (χ0v) is 21.1. The van der Waals surface area contributed by atoms with Crippen molar-refractivity contribution < 1.29 is 23.2 Å². The molecule has 1 aromatic carbocycles. The number of nitrogens with one attached hydrogen (secondary N) is 1. The molecule has 1 aromatic heterocycles. The van der Waals surface area contributed by atoms with E-state index in [0.29, 0.717) is 35.3 Å². The van der Waals surface area contributed by atoms with Crippen LogP contribution in [0.15, 0.2) is 16.7 Å². The van der Waals surface area contributed by atoms with Gasteiger partial charge in [0.15, 0.2) is 17.2 Å². The summed E-state index contributed by atoms with van der Waals surface area (Å²) in [5.41, 5.74) is 1.07. The van der Waals surface area contributed by atoms with Crippen molar-refractivity contribution in [1.29, 1.82) is 0 Å². The quantitative estimate of drug-likeness (QED) is 0.537. The van der Waals surface area contributed by atoms with E-state index in [9.17, 15) is 18.7 Å². The van der Waals surface area contributed by atoms with Crippen molar-refractivity contribution in [3.05, 3.63) is 29.5 Å². The lowest BCUT2D eigenvalue weighted by Gasteiger charge is -2.34. The molecule has 2 heterocycles. The van der Waals surface area contributed by atoms with E-state index in [1.54, 1.807) is 0 Å². The molecule has 0 unspecified atom stereocenters. The average molecular weight is 504 g/mol. The Hall–Kier alpha value is -2.06. The lowest BCUT2D eigenvalue weighted by Crippen LogP contribution is -2.39.